The Morgan fingerprint density at radius 2 is 1.75 bits per heavy atom. The molecule has 0 unspecified atom stereocenters. The molecule has 0 aliphatic carbocycles. The van der Waals surface area contributed by atoms with Crippen LogP contribution in [0.4, 0.5) is 5.69 Å². The van der Waals surface area contributed by atoms with Crippen LogP contribution in [0.2, 0.25) is 10.0 Å². The maximum absolute atomic E-state index is 8.53. The molecule has 0 saturated carbocycles. The molecule has 0 bridgehead atoms. The Labute approximate surface area is 111 Å². The van der Waals surface area contributed by atoms with E-state index in [2.05, 4.69) is 21.2 Å². The van der Waals surface area contributed by atoms with Crippen LogP contribution < -0.4 is 5.32 Å². The Morgan fingerprint density at radius 1 is 1.25 bits per heavy atom. The zero-order chi connectivity index (χ0) is 12.1. The van der Waals surface area contributed by atoms with Gasteiger partial charge in [0.15, 0.2) is 0 Å². The van der Waals surface area contributed by atoms with E-state index in [1.807, 2.05) is 0 Å². The van der Waals surface area contributed by atoms with Gasteiger partial charge in [0.05, 0.1) is 15.7 Å². The molecule has 6 heteroatoms. The molecule has 0 radical (unpaired) electrons. The van der Waals surface area contributed by atoms with E-state index < -0.39 is 0 Å². The van der Waals surface area contributed by atoms with Crippen molar-refractivity contribution in [2.24, 2.45) is 0 Å². The fourth-order valence-electron chi connectivity index (χ4n) is 0.914. The number of anilines is 1. The first-order chi connectivity index (χ1) is 7.58. The van der Waals surface area contributed by atoms with Gasteiger partial charge in [-0.15, -0.1) is 0 Å². The summed E-state index contributed by atoms with van der Waals surface area (Å²) in [5.41, 5.74) is 0.393. The molecule has 1 rings (SSSR count). The summed E-state index contributed by atoms with van der Waals surface area (Å²) in [5.74, 6) is 0. The quantitative estimate of drug-likeness (QED) is 0.836. The molecule has 0 heterocycles. The van der Waals surface area contributed by atoms with Crippen molar-refractivity contribution in [2.75, 3.05) is 5.32 Å². The van der Waals surface area contributed by atoms with Crippen LogP contribution in [0.1, 0.15) is 0 Å². The van der Waals surface area contributed by atoms with E-state index in [9.17, 15) is 0 Å². The maximum Gasteiger partial charge on any atom is 0.145 e. The summed E-state index contributed by atoms with van der Waals surface area (Å²) in [4.78, 5) is 0. The van der Waals surface area contributed by atoms with Crippen molar-refractivity contribution in [3.8, 4) is 12.1 Å². The van der Waals surface area contributed by atoms with Gasteiger partial charge in [0.1, 0.15) is 17.7 Å². The molecule has 16 heavy (non-hydrogen) atoms. The lowest BCUT2D eigenvalue weighted by Crippen LogP contribution is -1.92. The molecule has 0 aliphatic rings. The monoisotopic (exact) mass is 315 g/mol. The highest BCUT2D eigenvalue weighted by Gasteiger charge is 2.06. The van der Waals surface area contributed by atoms with Crippen molar-refractivity contribution in [1.82, 2.24) is 0 Å². The zero-order valence-electron chi connectivity index (χ0n) is 7.76. The summed E-state index contributed by atoms with van der Waals surface area (Å²) < 4.78 is 0.748. The average molecular weight is 317 g/mol. The third-order valence-corrected chi connectivity index (χ3v) is 2.66. The van der Waals surface area contributed by atoms with E-state index >= 15 is 0 Å². The predicted molar refractivity (Wildman–Crippen MR) is 67.1 cm³/mol. The number of nitrogens with one attached hydrogen (secondary N) is 1. The highest BCUT2D eigenvalue weighted by Crippen LogP contribution is 2.33. The van der Waals surface area contributed by atoms with Gasteiger partial charge in [0.25, 0.3) is 0 Å². The van der Waals surface area contributed by atoms with Gasteiger partial charge in [-0.25, -0.2) is 0 Å². The van der Waals surface area contributed by atoms with Gasteiger partial charge < -0.3 is 5.32 Å². The normalized spacial score (nSPS) is 8.81. The fraction of sp³-hybridized carbons (Fsp3) is 0. The minimum atomic E-state index is -0.0601. The van der Waals surface area contributed by atoms with Crippen molar-refractivity contribution in [3.05, 3.63) is 38.4 Å². The smallest absolute Gasteiger partial charge is 0.145 e. The Morgan fingerprint density at radius 3 is 2.19 bits per heavy atom. The molecular formula is C10H4BrCl2N3. The summed E-state index contributed by atoms with van der Waals surface area (Å²) >= 11 is 15.1. The minimum Gasteiger partial charge on any atom is -0.357 e. The lowest BCUT2D eigenvalue weighted by Gasteiger charge is -2.06. The molecule has 1 aromatic rings. The van der Waals surface area contributed by atoms with Crippen molar-refractivity contribution in [3.63, 3.8) is 0 Å². The van der Waals surface area contributed by atoms with E-state index in [1.165, 1.54) is 6.20 Å². The second kappa shape index (κ2) is 5.77. The second-order valence-corrected chi connectivity index (χ2v) is 4.40. The van der Waals surface area contributed by atoms with Crippen LogP contribution in [0.5, 0.6) is 0 Å². The molecule has 0 aliphatic heterocycles. The molecule has 0 spiro atoms. The largest absolute Gasteiger partial charge is 0.357 e. The number of halogens is 3. The van der Waals surface area contributed by atoms with Gasteiger partial charge in [-0.3, -0.25) is 0 Å². The first-order valence-corrected chi connectivity index (χ1v) is 5.55. The van der Waals surface area contributed by atoms with Crippen LogP contribution in [-0.4, -0.2) is 0 Å². The molecule has 1 aromatic carbocycles. The van der Waals surface area contributed by atoms with Gasteiger partial charge in [-0.05, 0) is 12.1 Å². The van der Waals surface area contributed by atoms with E-state index in [4.69, 9.17) is 33.7 Å². The third kappa shape index (κ3) is 3.15. The topological polar surface area (TPSA) is 59.6 Å². The lowest BCUT2D eigenvalue weighted by molar-refractivity contribution is 1.44. The molecule has 0 amide bonds. The average Bonchev–Trinajstić information content (AvgIpc) is 2.22. The standard InChI is InChI=1S/C10H4BrCl2N3/c11-7-1-8(12)10(9(13)2-7)16-5-6(3-14)4-15/h1-2,5,16H. The Balaban J connectivity index is 3.05. The molecular weight excluding hydrogens is 313 g/mol. The van der Waals surface area contributed by atoms with Crippen LogP contribution in [0.15, 0.2) is 28.4 Å². The Hall–Kier alpha value is -1.20. The van der Waals surface area contributed by atoms with E-state index in [0.29, 0.717) is 15.7 Å². The number of allylic oxidation sites excluding steroid dienone is 1. The zero-order valence-corrected chi connectivity index (χ0v) is 10.9. The number of hydrogen-bond acceptors (Lipinski definition) is 3. The summed E-state index contributed by atoms with van der Waals surface area (Å²) in [6.45, 7) is 0. The van der Waals surface area contributed by atoms with Crippen molar-refractivity contribution < 1.29 is 0 Å². The van der Waals surface area contributed by atoms with Crippen LogP contribution >= 0.6 is 39.1 Å². The Kier molecular flexibility index (Phi) is 4.64. The number of nitrogens with zero attached hydrogens (tertiary/aromatic N) is 2. The SMILES string of the molecule is N#CC(C#N)=CNc1c(Cl)cc(Br)cc1Cl. The van der Waals surface area contributed by atoms with Crippen molar-refractivity contribution >= 4 is 44.8 Å². The van der Waals surface area contributed by atoms with Gasteiger partial charge in [-0.2, -0.15) is 10.5 Å². The lowest BCUT2D eigenvalue weighted by atomic mass is 10.3. The summed E-state index contributed by atoms with van der Waals surface area (Å²) in [6.07, 6.45) is 1.25. The van der Waals surface area contributed by atoms with Crippen molar-refractivity contribution in [2.45, 2.75) is 0 Å². The Bertz CT molecular complexity index is 487. The maximum atomic E-state index is 8.53. The minimum absolute atomic E-state index is 0.0601. The highest BCUT2D eigenvalue weighted by molar-refractivity contribution is 9.10. The molecule has 0 aromatic heterocycles. The second-order valence-electron chi connectivity index (χ2n) is 2.67. The molecule has 80 valence electrons. The number of benzene rings is 1. The predicted octanol–water partition coefficient (Wildman–Crippen LogP) is 4.10. The summed E-state index contributed by atoms with van der Waals surface area (Å²) in [5, 5.41) is 20.6. The number of rotatable bonds is 2. The molecule has 0 fully saturated rings. The number of hydrogen-bond donors (Lipinski definition) is 1. The van der Waals surface area contributed by atoms with Crippen LogP contribution in [0.25, 0.3) is 0 Å². The first-order valence-electron chi connectivity index (χ1n) is 4.00. The third-order valence-electron chi connectivity index (χ3n) is 1.61. The van der Waals surface area contributed by atoms with E-state index in [-0.39, 0.29) is 5.57 Å². The molecule has 3 nitrogen and oxygen atoms in total. The summed E-state index contributed by atoms with van der Waals surface area (Å²) in [6, 6.07) is 6.74. The van der Waals surface area contributed by atoms with Gasteiger partial charge >= 0.3 is 0 Å². The highest BCUT2D eigenvalue weighted by atomic mass is 79.9. The molecule has 0 atom stereocenters. The van der Waals surface area contributed by atoms with Crippen LogP contribution in [0, 0.1) is 22.7 Å². The van der Waals surface area contributed by atoms with Crippen LogP contribution in [0.3, 0.4) is 0 Å². The fourth-order valence-corrected chi connectivity index (χ4v) is 2.23. The number of nitriles is 2. The molecule has 0 saturated heterocycles. The van der Waals surface area contributed by atoms with E-state index in [1.54, 1.807) is 24.3 Å². The first kappa shape index (κ1) is 12.9. The van der Waals surface area contributed by atoms with E-state index in [0.717, 1.165) is 4.47 Å². The van der Waals surface area contributed by atoms with Gasteiger partial charge in [0, 0.05) is 10.7 Å². The van der Waals surface area contributed by atoms with Crippen molar-refractivity contribution in [1.29, 1.82) is 10.5 Å². The van der Waals surface area contributed by atoms with Crippen LogP contribution in [-0.2, 0) is 0 Å². The van der Waals surface area contributed by atoms with Gasteiger partial charge in [0.2, 0.25) is 0 Å². The summed E-state index contributed by atoms with van der Waals surface area (Å²) in [7, 11) is 0. The van der Waals surface area contributed by atoms with Gasteiger partial charge in [-0.1, -0.05) is 39.1 Å². The molecule has 1 N–H and O–H groups in total.